The largest absolute Gasteiger partial charge is 0.375 e. The third kappa shape index (κ3) is 3.99. The lowest BCUT2D eigenvalue weighted by Crippen LogP contribution is -2.44. The van der Waals surface area contributed by atoms with Gasteiger partial charge < -0.3 is 14.4 Å². The fourth-order valence-corrected chi connectivity index (χ4v) is 4.39. The smallest absolute Gasteiger partial charge is 0.249 e. The highest BCUT2D eigenvalue weighted by Crippen LogP contribution is 2.42. The standard InChI is InChI=1S/C21H28N2O3/c24-20(18-3-1-2-4-18)23-11-7-21(8-12-23)13-19(26-16-21)15-25-14-17-5-9-22-10-6-17/h3,5-6,9-10,19H,1-2,4,7-8,11-16H2/t19-/m1/s1. The fourth-order valence-electron chi connectivity index (χ4n) is 4.39. The monoisotopic (exact) mass is 356 g/mol. The van der Waals surface area contributed by atoms with Crippen LogP contribution in [0.3, 0.4) is 0 Å². The number of allylic oxidation sites excluding steroid dienone is 1. The van der Waals surface area contributed by atoms with Crippen LogP contribution in [0.5, 0.6) is 0 Å². The molecule has 1 amide bonds. The highest BCUT2D eigenvalue weighted by Gasteiger charge is 2.43. The number of piperidine rings is 1. The number of carbonyl (C=O) groups excluding carboxylic acids is 1. The predicted octanol–water partition coefficient (Wildman–Crippen LogP) is 3.11. The average Bonchev–Trinajstić information content (AvgIpc) is 3.34. The number of pyridine rings is 1. The zero-order valence-electron chi connectivity index (χ0n) is 15.4. The van der Waals surface area contributed by atoms with Crippen molar-refractivity contribution in [1.82, 2.24) is 9.88 Å². The van der Waals surface area contributed by atoms with Gasteiger partial charge in [-0.1, -0.05) is 6.08 Å². The third-order valence-corrected chi connectivity index (χ3v) is 6.03. The van der Waals surface area contributed by atoms with E-state index in [1.165, 1.54) is 0 Å². The van der Waals surface area contributed by atoms with Crippen molar-refractivity contribution in [3.8, 4) is 0 Å². The Morgan fingerprint density at radius 1 is 1.31 bits per heavy atom. The summed E-state index contributed by atoms with van der Waals surface area (Å²) in [6.45, 7) is 3.78. The van der Waals surface area contributed by atoms with Gasteiger partial charge in [0.1, 0.15) is 0 Å². The highest BCUT2D eigenvalue weighted by molar-refractivity contribution is 5.93. The van der Waals surface area contributed by atoms with Gasteiger partial charge in [-0.2, -0.15) is 0 Å². The van der Waals surface area contributed by atoms with Crippen LogP contribution >= 0.6 is 0 Å². The quantitative estimate of drug-likeness (QED) is 0.813. The molecule has 2 aliphatic heterocycles. The Labute approximate surface area is 155 Å². The van der Waals surface area contributed by atoms with E-state index in [4.69, 9.17) is 9.47 Å². The van der Waals surface area contributed by atoms with Crippen molar-refractivity contribution in [1.29, 1.82) is 0 Å². The molecule has 0 saturated carbocycles. The Morgan fingerprint density at radius 2 is 2.12 bits per heavy atom. The van der Waals surface area contributed by atoms with Crippen LogP contribution in [0.25, 0.3) is 0 Å². The highest BCUT2D eigenvalue weighted by atomic mass is 16.5. The summed E-state index contributed by atoms with van der Waals surface area (Å²) >= 11 is 0. The van der Waals surface area contributed by atoms with Crippen molar-refractivity contribution in [2.24, 2.45) is 5.41 Å². The number of rotatable bonds is 5. The van der Waals surface area contributed by atoms with Crippen LogP contribution in [0.1, 0.15) is 44.1 Å². The maximum atomic E-state index is 12.5. The minimum Gasteiger partial charge on any atom is -0.375 e. The minimum absolute atomic E-state index is 0.177. The Balaban J connectivity index is 1.22. The van der Waals surface area contributed by atoms with Gasteiger partial charge in [-0.3, -0.25) is 9.78 Å². The summed E-state index contributed by atoms with van der Waals surface area (Å²) in [4.78, 5) is 18.6. The maximum absolute atomic E-state index is 12.5. The average molecular weight is 356 g/mol. The van der Waals surface area contributed by atoms with Gasteiger partial charge in [0.2, 0.25) is 5.91 Å². The van der Waals surface area contributed by atoms with Crippen molar-refractivity contribution >= 4 is 5.91 Å². The first-order valence-electron chi connectivity index (χ1n) is 9.81. The molecular formula is C21H28N2O3. The molecule has 1 atom stereocenters. The van der Waals surface area contributed by atoms with Crippen molar-refractivity contribution < 1.29 is 14.3 Å². The number of carbonyl (C=O) groups is 1. The zero-order chi connectivity index (χ0) is 17.8. The van der Waals surface area contributed by atoms with E-state index in [9.17, 15) is 4.79 Å². The number of likely N-dealkylation sites (tertiary alicyclic amines) is 1. The first-order chi connectivity index (χ1) is 12.7. The predicted molar refractivity (Wildman–Crippen MR) is 98.4 cm³/mol. The Kier molecular flexibility index (Phi) is 5.36. The number of hydrogen-bond acceptors (Lipinski definition) is 4. The van der Waals surface area contributed by atoms with Gasteiger partial charge >= 0.3 is 0 Å². The SMILES string of the molecule is O=C(C1=CCCC1)N1CCC2(CC1)CO[C@@H](COCc1ccncc1)C2. The van der Waals surface area contributed by atoms with Crippen LogP contribution in [-0.2, 0) is 20.9 Å². The Bertz CT molecular complexity index is 650. The number of aromatic nitrogens is 1. The summed E-state index contributed by atoms with van der Waals surface area (Å²) in [5.41, 5.74) is 2.41. The molecule has 26 heavy (non-hydrogen) atoms. The molecule has 1 spiro atoms. The molecule has 3 heterocycles. The van der Waals surface area contributed by atoms with Crippen LogP contribution in [-0.4, -0.2) is 48.2 Å². The van der Waals surface area contributed by atoms with Crippen LogP contribution in [0, 0.1) is 5.41 Å². The van der Waals surface area contributed by atoms with Crippen molar-refractivity contribution in [2.75, 3.05) is 26.3 Å². The maximum Gasteiger partial charge on any atom is 0.249 e. The van der Waals surface area contributed by atoms with Crippen molar-refractivity contribution in [3.63, 3.8) is 0 Å². The molecule has 140 valence electrons. The normalized spacial score (nSPS) is 24.8. The molecule has 5 heteroatoms. The summed E-state index contributed by atoms with van der Waals surface area (Å²) in [6.07, 6.45) is 12.2. The van der Waals surface area contributed by atoms with E-state index in [2.05, 4.69) is 16.0 Å². The second kappa shape index (κ2) is 7.89. The molecular weight excluding hydrogens is 328 g/mol. The lowest BCUT2D eigenvalue weighted by molar-refractivity contribution is -0.129. The van der Waals surface area contributed by atoms with Gasteiger partial charge in [0, 0.05) is 31.1 Å². The second-order valence-corrected chi connectivity index (χ2v) is 7.92. The molecule has 3 aliphatic rings. The summed E-state index contributed by atoms with van der Waals surface area (Å²) in [7, 11) is 0. The van der Waals surface area contributed by atoms with E-state index in [0.29, 0.717) is 13.2 Å². The molecule has 0 aromatic carbocycles. The van der Waals surface area contributed by atoms with Gasteiger partial charge in [0.25, 0.3) is 0 Å². The van der Waals surface area contributed by atoms with Crippen LogP contribution in [0.4, 0.5) is 0 Å². The van der Waals surface area contributed by atoms with E-state index in [-0.39, 0.29) is 17.4 Å². The summed E-state index contributed by atoms with van der Waals surface area (Å²) < 4.78 is 11.9. The second-order valence-electron chi connectivity index (χ2n) is 7.92. The van der Waals surface area contributed by atoms with Gasteiger partial charge in [0.05, 0.1) is 25.9 Å². The van der Waals surface area contributed by atoms with Crippen molar-refractivity contribution in [2.45, 2.75) is 51.2 Å². The molecule has 5 nitrogen and oxygen atoms in total. The summed E-state index contributed by atoms with van der Waals surface area (Å²) in [6, 6.07) is 3.95. The van der Waals surface area contributed by atoms with E-state index in [1.807, 2.05) is 12.1 Å². The molecule has 0 N–H and O–H groups in total. The molecule has 2 fully saturated rings. The van der Waals surface area contributed by atoms with Gasteiger partial charge in [-0.05, 0) is 61.6 Å². The lowest BCUT2D eigenvalue weighted by atomic mass is 9.76. The number of ether oxygens (including phenoxy) is 2. The van der Waals surface area contributed by atoms with E-state index in [1.54, 1.807) is 12.4 Å². The van der Waals surface area contributed by atoms with E-state index < -0.39 is 0 Å². The molecule has 0 radical (unpaired) electrons. The molecule has 2 saturated heterocycles. The number of amides is 1. The zero-order valence-corrected chi connectivity index (χ0v) is 15.4. The lowest BCUT2D eigenvalue weighted by Gasteiger charge is -2.38. The number of nitrogens with zero attached hydrogens (tertiary/aromatic N) is 2. The first-order valence-corrected chi connectivity index (χ1v) is 9.81. The first kappa shape index (κ1) is 17.7. The van der Waals surface area contributed by atoms with E-state index in [0.717, 1.165) is 69.4 Å². The summed E-state index contributed by atoms with van der Waals surface area (Å²) in [5.74, 6) is 0.272. The van der Waals surface area contributed by atoms with Crippen LogP contribution in [0.15, 0.2) is 36.2 Å². The van der Waals surface area contributed by atoms with Gasteiger partial charge in [0.15, 0.2) is 0 Å². The summed E-state index contributed by atoms with van der Waals surface area (Å²) in [5, 5.41) is 0. The topological polar surface area (TPSA) is 51.7 Å². The third-order valence-electron chi connectivity index (χ3n) is 6.03. The Morgan fingerprint density at radius 3 is 2.85 bits per heavy atom. The molecule has 1 aromatic heterocycles. The fraction of sp³-hybridized carbons (Fsp3) is 0.619. The Hall–Kier alpha value is -1.72. The van der Waals surface area contributed by atoms with Gasteiger partial charge in [-0.25, -0.2) is 0 Å². The molecule has 1 aliphatic carbocycles. The van der Waals surface area contributed by atoms with Gasteiger partial charge in [-0.15, -0.1) is 0 Å². The molecule has 1 aromatic rings. The number of hydrogen-bond donors (Lipinski definition) is 0. The molecule has 0 unspecified atom stereocenters. The van der Waals surface area contributed by atoms with Crippen molar-refractivity contribution in [3.05, 3.63) is 41.7 Å². The minimum atomic E-state index is 0.177. The molecule has 0 bridgehead atoms. The molecule has 4 rings (SSSR count). The van der Waals surface area contributed by atoms with Crippen LogP contribution < -0.4 is 0 Å². The van der Waals surface area contributed by atoms with Crippen LogP contribution in [0.2, 0.25) is 0 Å². The van der Waals surface area contributed by atoms with E-state index >= 15 is 0 Å².